The predicted octanol–water partition coefficient (Wildman–Crippen LogP) is 4.41. The molecule has 0 unspecified atom stereocenters. The van der Waals surface area contributed by atoms with E-state index >= 15 is 0 Å². The summed E-state index contributed by atoms with van der Waals surface area (Å²) in [5.41, 5.74) is 1.75. The number of hydrogen-bond acceptors (Lipinski definition) is 3. The highest BCUT2D eigenvalue weighted by Crippen LogP contribution is 2.29. The van der Waals surface area contributed by atoms with Crippen LogP contribution in [-0.4, -0.2) is 43.5 Å². The van der Waals surface area contributed by atoms with Gasteiger partial charge >= 0.3 is 0 Å². The summed E-state index contributed by atoms with van der Waals surface area (Å²) in [7, 11) is 0. The Hall–Kier alpha value is -1.62. The summed E-state index contributed by atoms with van der Waals surface area (Å²) >= 11 is 18.2. The number of rotatable bonds is 4. The minimum atomic E-state index is 0.0433. The minimum Gasteiger partial charge on any atom is -0.375 e. The number of anilines is 2. The SMILES string of the molecule is O=C(CNc1cccc(Cl)c1Cl)N1CCN(c2cccc(Cl)c2)CC1. The maximum absolute atomic E-state index is 12.4. The first-order valence-corrected chi connectivity index (χ1v) is 9.14. The van der Waals surface area contributed by atoms with E-state index in [1.807, 2.05) is 29.2 Å². The zero-order valence-corrected chi connectivity index (χ0v) is 15.8. The van der Waals surface area contributed by atoms with Crippen molar-refractivity contribution in [3.05, 3.63) is 57.5 Å². The molecule has 1 aliphatic heterocycles. The van der Waals surface area contributed by atoms with E-state index in [0.29, 0.717) is 28.8 Å². The van der Waals surface area contributed by atoms with Gasteiger partial charge in [-0.05, 0) is 30.3 Å². The number of hydrogen-bond donors (Lipinski definition) is 1. The third-order valence-corrected chi connectivity index (χ3v) is 5.24. The van der Waals surface area contributed by atoms with E-state index in [-0.39, 0.29) is 12.5 Å². The third kappa shape index (κ3) is 4.51. The molecule has 0 bridgehead atoms. The van der Waals surface area contributed by atoms with Crippen molar-refractivity contribution in [1.82, 2.24) is 4.90 Å². The smallest absolute Gasteiger partial charge is 0.241 e. The molecule has 0 radical (unpaired) electrons. The van der Waals surface area contributed by atoms with Crippen LogP contribution in [0.3, 0.4) is 0 Å². The topological polar surface area (TPSA) is 35.6 Å². The molecule has 0 spiro atoms. The van der Waals surface area contributed by atoms with Gasteiger partial charge in [0, 0.05) is 36.9 Å². The van der Waals surface area contributed by atoms with Gasteiger partial charge in [-0.2, -0.15) is 0 Å². The Bertz CT molecular complexity index is 761. The second-order valence-electron chi connectivity index (χ2n) is 5.80. The van der Waals surface area contributed by atoms with Gasteiger partial charge in [-0.15, -0.1) is 0 Å². The van der Waals surface area contributed by atoms with Crippen molar-refractivity contribution in [2.75, 3.05) is 42.9 Å². The van der Waals surface area contributed by atoms with Crippen molar-refractivity contribution in [3.63, 3.8) is 0 Å². The summed E-state index contributed by atoms with van der Waals surface area (Å²) in [6.07, 6.45) is 0. The molecule has 3 rings (SSSR count). The molecule has 7 heteroatoms. The van der Waals surface area contributed by atoms with Crippen LogP contribution >= 0.6 is 34.8 Å². The molecule has 25 heavy (non-hydrogen) atoms. The van der Waals surface area contributed by atoms with Gasteiger partial charge in [-0.3, -0.25) is 4.79 Å². The lowest BCUT2D eigenvalue weighted by Crippen LogP contribution is -2.50. The van der Waals surface area contributed by atoms with Gasteiger partial charge in [0.25, 0.3) is 0 Å². The van der Waals surface area contributed by atoms with E-state index in [4.69, 9.17) is 34.8 Å². The molecule has 1 fully saturated rings. The molecular formula is C18H18Cl3N3O. The van der Waals surface area contributed by atoms with Gasteiger partial charge in [-0.25, -0.2) is 0 Å². The van der Waals surface area contributed by atoms with Crippen molar-refractivity contribution >= 4 is 52.1 Å². The van der Waals surface area contributed by atoms with Crippen molar-refractivity contribution in [2.45, 2.75) is 0 Å². The van der Waals surface area contributed by atoms with E-state index in [1.54, 1.807) is 18.2 Å². The van der Waals surface area contributed by atoms with Crippen LogP contribution < -0.4 is 10.2 Å². The van der Waals surface area contributed by atoms with E-state index < -0.39 is 0 Å². The molecule has 2 aromatic carbocycles. The number of benzene rings is 2. The van der Waals surface area contributed by atoms with Gasteiger partial charge in [0.15, 0.2) is 0 Å². The van der Waals surface area contributed by atoms with Crippen LogP contribution in [0.4, 0.5) is 11.4 Å². The molecule has 2 aromatic rings. The monoisotopic (exact) mass is 397 g/mol. The van der Waals surface area contributed by atoms with Gasteiger partial charge in [-0.1, -0.05) is 46.9 Å². The standard InChI is InChI=1S/C18H18Cl3N3O/c19-13-3-1-4-14(11-13)23-7-9-24(10-8-23)17(25)12-22-16-6-2-5-15(20)18(16)21/h1-6,11,22H,7-10,12H2. The first kappa shape index (κ1) is 18.2. The van der Waals surface area contributed by atoms with Gasteiger partial charge in [0.05, 0.1) is 22.3 Å². The minimum absolute atomic E-state index is 0.0433. The van der Waals surface area contributed by atoms with Crippen LogP contribution in [0.2, 0.25) is 15.1 Å². The molecule has 1 amide bonds. The quantitative estimate of drug-likeness (QED) is 0.829. The van der Waals surface area contributed by atoms with Crippen LogP contribution in [0.5, 0.6) is 0 Å². The average molecular weight is 399 g/mol. The predicted molar refractivity (Wildman–Crippen MR) is 105 cm³/mol. The molecule has 1 N–H and O–H groups in total. The highest BCUT2D eigenvalue weighted by atomic mass is 35.5. The van der Waals surface area contributed by atoms with E-state index in [1.165, 1.54) is 0 Å². The van der Waals surface area contributed by atoms with Crippen LogP contribution in [-0.2, 0) is 4.79 Å². The Morgan fingerprint density at radius 3 is 2.44 bits per heavy atom. The molecule has 1 saturated heterocycles. The van der Waals surface area contributed by atoms with E-state index in [2.05, 4.69) is 10.2 Å². The number of carbonyl (C=O) groups excluding carboxylic acids is 1. The average Bonchev–Trinajstić information content (AvgIpc) is 2.63. The Morgan fingerprint density at radius 2 is 1.72 bits per heavy atom. The maximum atomic E-state index is 12.4. The van der Waals surface area contributed by atoms with Crippen LogP contribution in [0.1, 0.15) is 0 Å². The second kappa shape index (κ2) is 8.17. The first-order valence-electron chi connectivity index (χ1n) is 8.01. The number of carbonyl (C=O) groups is 1. The van der Waals surface area contributed by atoms with E-state index in [9.17, 15) is 4.79 Å². The van der Waals surface area contributed by atoms with Crippen LogP contribution in [0.15, 0.2) is 42.5 Å². The number of halogens is 3. The Labute approximate surface area is 162 Å². The van der Waals surface area contributed by atoms with Crippen molar-refractivity contribution < 1.29 is 4.79 Å². The Kier molecular flexibility index (Phi) is 5.94. The molecule has 0 saturated carbocycles. The maximum Gasteiger partial charge on any atom is 0.241 e. The molecule has 0 atom stereocenters. The van der Waals surface area contributed by atoms with Crippen molar-refractivity contribution in [2.24, 2.45) is 0 Å². The summed E-state index contributed by atoms with van der Waals surface area (Å²) in [6, 6.07) is 13.1. The second-order valence-corrected chi connectivity index (χ2v) is 7.02. The zero-order chi connectivity index (χ0) is 17.8. The molecule has 132 valence electrons. The fourth-order valence-electron chi connectivity index (χ4n) is 2.81. The number of nitrogens with one attached hydrogen (secondary N) is 1. The Balaban J connectivity index is 1.52. The normalized spacial score (nSPS) is 14.5. The third-order valence-electron chi connectivity index (χ3n) is 4.19. The lowest BCUT2D eigenvalue weighted by molar-refractivity contribution is -0.129. The lowest BCUT2D eigenvalue weighted by Gasteiger charge is -2.36. The summed E-state index contributed by atoms with van der Waals surface area (Å²) in [6.45, 7) is 3.11. The van der Waals surface area contributed by atoms with Gasteiger partial charge in [0.2, 0.25) is 5.91 Å². The summed E-state index contributed by atoms with van der Waals surface area (Å²) in [5.74, 6) is 0.0433. The van der Waals surface area contributed by atoms with Gasteiger partial charge in [0.1, 0.15) is 0 Å². The molecule has 1 aliphatic rings. The number of amides is 1. The first-order chi connectivity index (χ1) is 12.0. The number of piperazine rings is 1. The summed E-state index contributed by atoms with van der Waals surface area (Å²) in [4.78, 5) is 16.5. The highest BCUT2D eigenvalue weighted by Gasteiger charge is 2.21. The van der Waals surface area contributed by atoms with Crippen LogP contribution in [0, 0.1) is 0 Å². The van der Waals surface area contributed by atoms with E-state index in [0.717, 1.165) is 23.8 Å². The largest absolute Gasteiger partial charge is 0.375 e. The molecule has 4 nitrogen and oxygen atoms in total. The fraction of sp³-hybridized carbons (Fsp3) is 0.278. The van der Waals surface area contributed by atoms with Crippen molar-refractivity contribution in [1.29, 1.82) is 0 Å². The molecule has 0 aliphatic carbocycles. The van der Waals surface area contributed by atoms with Gasteiger partial charge < -0.3 is 15.1 Å². The number of nitrogens with zero attached hydrogens (tertiary/aromatic N) is 2. The molecule has 0 aromatic heterocycles. The fourth-order valence-corrected chi connectivity index (χ4v) is 3.36. The molecule has 1 heterocycles. The lowest BCUT2D eigenvalue weighted by atomic mass is 10.2. The van der Waals surface area contributed by atoms with Crippen molar-refractivity contribution in [3.8, 4) is 0 Å². The molecular weight excluding hydrogens is 381 g/mol. The summed E-state index contributed by atoms with van der Waals surface area (Å²) < 4.78 is 0. The highest BCUT2D eigenvalue weighted by molar-refractivity contribution is 6.43. The van der Waals surface area contributed by atoms with Crippen LogP contribution in [0.25, 0.3) is 0 Å². The zero-order valence-electron chi connectivity index (χ0n) is 13.5. The summed E-state index contributed by atoms with van der Waals surface area (Å²) in [5, 5.41) is 4.68. The Morgan fingerprint density at radius 1 is 1.00 bits per heavy atom.